The molecule has 0 atom stereocenters. The van der Waals surface area contributed by atoms with Crippen LogP contribution in [0.5, 0.6) is 0 Å². The van der Waals surface area contributed by atoms with Crippen LogP contribution in [-0.4, -0.2) is 8.42 Å². The van der Waals surface area contributed by atoms with Crippen LogP contribution in [0.1, 0.15) is 25.8 Å². The van der Waals surface area contributed by atoms with Gasteiger partial charge in [-0.05, 0) is 32.4 Å². The smallest absolute Gasteiger partial charge is 0.261 e. The largest absolute Gasteiger partial charge is 0.284 e. The quantitative estimate of drug-likeness (QED) is 0.877. The number of hydrogen-bond donors (Lipinski definition) is 1. The Bertz CT molecular complexity index is 472. The van der Waals surface area contributed by atoms with E-state index in [2.05, 4.69) is 4.72 Å². The lowest BCUT2D eigenvalue weighted by Gasteiger charge is -2.08. The van der Waals surface area contributed by atoms with E-state index in [1.165, 1.54) is 0 Å². The van der Waals surface area contributed by atoms with E-state index in [1.54, 1.807) is 31.2 Å². The third-order valence-corrected chi connectivity index (χ3v) is 3.62. The van der Waals surface area contributed by atoms with Crippen molar-refractivity contribution in [1.82, 2.24) is 4.72 Å². The fourth-order valence-electron chi connectivity index (χ4n) is 1.34. The zero-order valence-electron chi connectivity index (χ0n) is 9.82. The first-order chi connectivity index (χ1) is 7.45. The van der Waals surface area contributed by atoms with Gasteiger partial charge in [-0.3, -0.25) is 4.72 Å². The molecule has 0 heterocycles. The van der Waals surface area contributed by atoms with Crippen LogP contribution in [0.4, 0.5) is 0 Å². The van der Waals surface area contributed by atoms with Crippen LogP contribution in [0.25, 0.3) is 0 Å². The first kappa shape index (κ1) is 12.8. The van der Waals surface area contributed by atoms with Crippen molar-refractivity contribution >= 4 is 10.0 Å². The Morgan fingerprint density at radius 2 is 1.88 bits per heavy atom. The minimum absolute atomic E-state index is 0.293. The summed E-state index contributed by atoms with van der Waals surface area (Å²) in [5, 5.41) is 0. The molecule has 88 valence electrons. The molecule has 1 rings (SSSR count). The molecule has 0 aliphatic heterocycles. The number of hydrogen-bond acceptors (Lipinski definition) is 2. The summed E-state index contributed by atoms with van der Waals surface area (Å²) in [7, 11) is -3.42. The van der Waals surface area contributed by atoms with Crippen molar-refractivity contribution in [2.24, 2.45) is 0 Å². The van der Waals surface area contributed by atoms with E-state index >= 15 is 0 Å². The second-order valence-corrected chi connectivity index (χ2v) is 5.40. The topological polar surface area (TPSA) is 46.2 Å². The number of sulfonamides is 1. The predicted molar refractivity (Wildman–Crippen MR) is 65.5 cm³/mol. The molecule has 0 spiro atoms. The molecule has 0 radical (unpaired) electrons. The van der Waals surface area contributed by atoms with Crippen molar-refractivity contribution in [2.45, 2.75) is 32.1 Å². The van der Waals surface area contributed by atoms with Gasteiger partial charge in [-0.25, -0.2) is 8.42 Å². The van der Waals surface area contributed by atoms with Gasteiger partial charge >= 0.3 is 0 Å². The lowest BCUT2D eigenvalue weighted by atomic mass is 10.2. The second-order valence-electron chi connectivity index (χ2n) is 3.71. The van der Waals surface area contributed by atoms with Crippen LogP contribution >= 0.6 is 0 Å². The maximum Gasteiger partial charge on any atom is 0.261 e. The summed E-state index contributed by atoms with van der Waals surface area (Å²) in [6, 6.07) is 6.79. The predicted octanol–water partition coefficient (Wildman–Crippen LogP) is 2.59. The van der Waals surface area contributed by atoms with Crippen molar-refractivity contribution in [2.75, 3.05) is 0 Å². The molecule has 4 heteroatoms. The molecule has 0 amide bonds. The Kier molecular flexibility index (Phi) is 4.12. The van der Waals surface area contributed by atoms with E-state index in [0.717, 1.165) is 12.0 Å². The molecular weight excluding hydrogens is 222 g/mol. The summed E-state index contributed by atoms with van der Waals surface area (Å²) in [5.41, 5.74) is 1.70. The molecule has 0 saturated carbocycles. The number of nitrogens with one attached hydrogen (secondary N) is 1. The third kappa shape index (κ3) is 3.38. The van der Waals surface area contributed by atoms with Crippen LogP contribution in [0.3, 0.4) is 0 Å². The van der Waals surface area contributed by atoms with Crippen molar-refractivity contribution in [3.8, 4) is 0 Å². The first-order valence-corrected chi connectivity index (χ1v) is 6.70. The van der Waals surface area contributed by atoms with Gasteiger partial charge in [-0.15, -0.1) is 0 Å². The van der Waals surface area contributed by atoms with Gasteiger partial charge in [0.05, 0.1) is 4.90 Å². The maximum atomic E-state index is 11.9. The summed E-state index contributed by atoms with van der Waals surface area (Å²) in [5.74, 6) is 0. The average Bonchev–Trinajstić information content (AvgIpc) is 2.17. The minimum atomic E-state index is -3.42. The van der Waals surface area contributed by atoms with Gasteiger partial charge < -0.3 is 0 Å². The van der Waals surface area contributed by atoms with Crippen molar-refractivity contribution in [3.63, 3.8) is 0 Å². The van der Waals surface area contributed by atoms with E-state index in [0.29, 0.717) is 10.6 Å². The first-order valence-electron chi connectivity index (χ1n) is 5.22. The fraction of sp³-hybridized carbons (Fsp3) is 0.333. The van der Waals surface area contributed by atoms with E-state index < -0.39 is 10.0 Å². The molecule has 0 saturated heterocycles. The van der Waals surface area contributed by atoms with Crippen molar-refractivity contribution in [3.05, 3.63) is 41.6 Å². The highest BCUT2D eigenvalue weighted by Crippen LogP contribution is 2.11. The lowest BCUT2D eigenvalue weighted by Crippen LogP contribution is -2.21. The monoisotopic (exact) mass is 239 g/mol. The molecule has 1 aromatic rings. The Labute approximate surface area is 97.2 Å². The third-order valence-electron chi connectivity index (χ3n) is 2.14. The standard InChI is InChI=1S/C12H17NO2S/c1-4-5-11(3)13-16(14,15)12-8-6-10(2)7-9-12/h5-9,13H,4H2,1-3H3/b11-5+. The lowest BCUT2D eigenvalue weighted by molar-refractivity contribution is 0.588. The van der Waals surface area contributed by atoms with Crippen LogP contribution in [-0.2, 0) is 10.0 Å². The highest BCUT2D eigenvalue weighted by Gasteiger charge is 2.12. The van der Waals surface area contributed by atoms with Gasteiger partial charge in [0.25, 0.3) is 10.0 Å². The molecule has 3 nitrogen and oxygen atoms in total. The van der Waals surface area contributed by atoms with Crippen LogP contribution in [0.15, 0.2) is 40.9 Å². The summed E-state index contributed by atoms with van der Waals surface area (Å²) in [6.07, 6.45) is 2.65. The Morgan fingerprint density at radius 1 is 1.31 bits per heavy atom. The van der Waals surface area contributed by atoms with Crippen molar-refractivity contribution in [1.29, 1.82) is 0 Å². The van der Waals surface area contributed by atoms with E-state index in [1.807, 2.05) is 19.9 Å². The van der Waals surface area contributed by atoms with E-state index in [9.17, 15) is 8.42 Å². The van der Waals surface area contributed by atoms with Crippen LogP contribution < -0.4 is 4.72 Å². The summed E-state index contributed by atoms with van der Waals surface area (Å²) < 4.78 is 26.3. The Morgan fingerprint density at radius 3 is 2.38 bits per heavy atom. The van der Waals surface area contributed by atoms with Gasteiger partial charge in [0.15, 0.2) is 0 Å². The normalized spacial score (nSPS) is 12.6. The van der Waals surface area contributed by atoms with Crippen LogP contribution in [0.2, 0.25) is 0 Å². The number of aryl methyl sites for hydroxylation is 1. The molecule has 0 bridgehead atoms. The second kappa shape index (κ2) is 5.16. The average molecular weight is 239 g/mol. The van der Waals surface area contributed by atoms with E-state index in [4.69, 9.17) is 0 Å². The highest BCUT2D eigenvalue weighted by molar-refractivity contribution is 7.89. The van der Waals surface area contributed by atoms with Gasteiger partial charge in [-0.1, -0.05) is 30.7 Å². The molecule has 16 heavy (non-hydrogen) atoms. The molecule has 1 aromatic carbocycles. The maximum absolute atomic E-state index is 11.9. The molecule has 0 aromatic heterocycles. The number of benzene rings is 1. The minimum Gasteiger partial charge on any atom is -0.284 e. The Balaban J connectivity index is 2.95. The molecule has 0 fully saturated rings. The van der Waals surface area contributed by atoms with Gasteiger partial charge in [0.2, 0.25) is 0 Å². The molecule has 0 aliphatic rings. The molecular formula is C12H17NO2S. The SMILES string of the molecule is CC/C=C(\C)NS(=O)(=O)c1ccc(C)cc1. The summed E-state index contributed by atoms with van der Waals surface area (Å²) >= 11 is 0. The number of rotatable bonds is 4. The number of allylic oxidation sites excluding steroid dienone is 2. The zero-order chi connectivity index (χ0) is 12.2. The fourth-order valence-corrected chi connectivity index (χ4v) is 2.46. The molecule has 1 N–H and O–H groups in total. The van der Waals surface area contributed by atoms with Gasteiger partial charge in [0.1, 0.15) is 0 Å². The molecule has 0 unspecified atom stereocenters. The van der Waals surface area contributed by atoms with Gasteiger partial charge in [0, 0.05) is 5.70 Å². The molecule has 0 aliphatic carbocycles. The van der Waals surface area contributed by atoms with Gasteiger partial charge in [-0.2, -0.15) is 0 Å². The highest BCUT2D eigenvalue weighted by atomic mass is 32.2. The summed E-state index contributed by atoms with van der Waals surface area (Å²) in [4.78, 5) is 0.293. The van der Waals surface area contributed by atoms with Crippen molar-refractivity contribution < 1.29 is 8.42 Å². The zero-order valence-corrected chi connectivity index (χ0v) is 10.6. The summed E-state index contributed by atoms with van der Waals surface area (Å²) in [6.45, 7) is 5.63. The van der Waals surface area contributed by atoms with E-state index in [-0.39, 0.29) is 0 Å². The Hall–Kier alpha value is -1.29. The van der Waals surface area contributed by atoms with Crippen LogP contribution in [0, 0.1) is 6.92 Å².